The standard InChI is InChI=1S/C12H19N3O5/c1-6(2)4-8(11(18)19)14-12(20)13-7-5-9(16)15(3)10(7)17/h6-8H,4-5H2,1-3H3,(H,18,19)(H2,13,14,20). The van der Waals surface area contributed by atoms with Crippen LogP contribution < -0.4 is 10.6 Å². The minimum Gasteiger partial charge on any atom is -0.480 e. The first kappa shape index (κ1) is 15.9. The summed E-state index contributed by atoms with van der Waals surface area (Å²) in [6.45, 7) is 3.67. The van der Waals surface area contributed by atoms with E-state index in [9.17, 15) is 19.2 Å². The zero-order chi connectivity index (χ0) is 15.4. The zero-order valence-corrected chi connectivity index (χ0v) is 11.7. The van der Waals surface area contributed by atoms with E-state index in [0.29, 0.717) is 0 Å². The lowest BCUT2D eigenvalue weighted by molar-refractivity contribution is -0.139. The molecular weight excluding hydrogens is 266 g/mol. The molecule has 3 N–H and O–H groups in total. The number of hydrogen-bond acceptors (Lipinski definition) is 4. The second kappa shape index (κ2) is 6.36. The van der Waals surface area contributed by atoms with Gasteiger partial charge in [-0.1, -0.05) is 13.8 Å². The Morgan fingerprint density at radius 3 is 2.40 bits per heavy atom. The van der Waals surface area contributed by atoms with E-state index < -0.39 is 30.0 Å². The zero-order valence-electron chi connectivity index (χ0n) is 11.7. The smallest absolute Gasteiger partial charge is 0.326 e. The number of imide groups is 1. The van der Waals surface area contributed by atoms with Crippen LogP contribution in [-0.4, -0.2) is 53.0 Å². The van der Waals surface area contributed by atoms with Crippen LogP contribution in [0.25, 0.3) is 0 Å². The highest BCUT2D eigenvalue weighted by atomic mass is 16.4. The number of carboxylic acid groups (broad SMARTS) is 1. The van der Waals surface area contributed by atoms with Crippen LogP contribution in [0.3, 0.4) is 0 Å². The summed E-state index contributed by atoms with van der Waals surface area (Å²) in [5.74, 6) is -1.92. The Bertz CT molecular complexity index is 435. The second-order valence-corrected chi connectivity index (χ2v) is 5.19. The van der Waals surface area contributed by atoms with Gasteiger partial charge >= 0.3 is 12.0 Å². The van der Waals surface area contributed by atoms with Gasteiger partial charge in [0.05, 0.1) is 6.42 Å². The van der Waals surface area contributed by atoms with Crippen molar-refractivity contribution in [2.24, 2.45) is 5.92 Å². The molecule has 20 heavy (non-hydrogen) atoms. The van der Waals surface area contributed by atoms with Crippen molar-refractivity contribution in [1.82, 2.24) is 15.5 Å². The van der Waals surface area contributed by atoms with Crippen LogP contribution >= 0.6 is 0 Å². The van der Waals surface area contributed by atoms with Crippen molar-refractivity contribution in [2.75, 3.05) is 7.05 Å². The maximum atomic E-state index is 11.7. The van der Waals surface area contributed by atoms with E-state index in [1.54, 1.807) is 0 Å². The van der Waals surface area contributed by atoms with Gasteiger partial charge < -0.3 is 15.7 Å². The van der Waals surface area contributed by atoms with Gasteiger partial charge in [0.15, 0.2) is 0 Å². The average molecular weight is 285 g/mol. The molecule has 1 fully saturated rings. The summed E-state index contributed by atoms with van der Waals surface area (Å²) in [6, 6.07) is -2.72. The lowest BCUT2D eigenvalue weighted by Crippen LogP contribution is -2.51. The van der Waals surface area contributed by atoms with E-state index >= 15 is 0 Å². The Morgan fingerprint density at radius 1 is 1.40 bits per heavy atom. The molecule has 0 bridgehead atoms. The van der Waals surface area contributed by atoms with Gasteiger partial charge in [0.2, 0.25) is 5.91 Å². The summed E-state index contributed by atoms with van der Waals surface area (Å²) in [7, 11) is 1.34. The summed E-state index contributed by atoms with van der Waals surface area (Å²) >= 11 is 0. The minimum atomic E-state index is -1.14. The van der Waals surface area contributed by atoms with Crippen molar-refractivity contribution >= 4 is 23.8 Å². The third-order valence-corrected chi connectivity index (χ3v) is 3.00. The Labute approximate surface area is 116 Å². The van der Waals surface area contributed by atoms with E-state index in [2.05, 4.69) is 10.6 Å². The molecule has 2 atom stereocenters. The van der Waals surface area contributed by atoms with Crippen molar-refractivity contribution in [3.63, 3.8) is 0 Å². The van der Waals surface area contributed by atoms with Gasteiger partial charge in [-0.3, -0.25) is 14.5 Å². The van der Waals surface area contributed by atoms with Crippen LogP contribution in [-0.2, 0) is 14.4 Å². The highest BCUT2D eigenvalue weighted by molar-refractivity contribution is 6.06. The van der Waals surface area contributed by atoms with Crippen molar-refractivity contribution in [2.45, 2.75) is 38.8 Å². The van der Waals surface area contributed by atoms with E-state index in [-0.39, 0.29) is 24.7 Å². The van der Waals surface area contributed by atoms with Gasteiger partial charge in [-0.05, 0) is 12.3 Å². The number of nitrogens with one attached hydrogen (secondary N) is 2. The fourth-order valence-corrected chi connectivity index (χ4v) is 1.92. The maximum absolute atomic E-state index is 11.7. The number of aliphatic carboxylic acids is 1. The topological polar surface area (TPSA) is 116 Å². The van der Waals surface area contributed by atoms with Crippen LogP contribution in [0.1, 0.15) is 26.7 Å². The SMILES string of the molecule is CC(C)CC(NC(=O)NC1CC(=O)N(C)C1=O)C(=O)O. The summed E-state index contributed by atoms with van der Waals surface area (Å²) in [5.41, 5.74) is 0. The van der Waals surface area contributed by atoms with Crippen molar-refractivity contribution in [3.8, 4) is 0 Å². The summed E-state index contributed by atoms with van der Waals surface area (Å²) in [4.78, 5) is 46.5. The summed E-state index contributed by atoms with van der Waals surface area (Å²) in [5, 5.41) is 13.6. The van der Waals surface area contributed by atoms with Gasteiger partial charge in [0.1, 0.15) is 12.1 Å². The third-order valence-electron chi connectivity index (χ3n) is 3.00. The first-order chi connectivity index (χ1) is 9.22. The van der Waals surface area contributed by atoms with Gasteiger partial charge in [-0.15, -0.1) is 0 Å². The van der Waals surface area contributed by atoms with Gasteiger partial charge in [0.25, 0.3) is 5.91 Å². The molecule has 0 aliphatic carbocycles. The number of nitrogens with zero attached hydrogens (tertiary/aromatic N) is 1. The van der Waals surface area contributed by atoms with Crippen LogP contribution in [0.15, 0.2) is 0 Å². The number of carboxylic acids is 1. The Morgan fingerprint density at radius 2 is 2.00 bits per heavy atom. The number of likely N-dealkylation sites (N-methyl/N-ethyl adjacent to an activating group) is 1. The third kappa shape index (κ3) is 3.94. The van der Waals surface area contributed by atoms with Crippen molar-refractivity contribution < 1.29 is 24.3 Å². The second-order valence-electron chi connectivity index (χ2n) is 5.19. The predicted octanol–water partition coefficient (Wildman–Crippen LogP) is -0.458. The van der Waals surface area contributed by atoms with Crippen LogP contribution in [0.4, 0.5) is 4.79 Å². The molecule has 0 aromatic rings. The number of carbonyl (C=O) groups is 4. The molecule has 0 aromatic heterocycles. The van der Waals surface area contributed by atoms with Gasteiger partial charge in [0, 0.05) is 7.05 Å². The van der Waals surface area contributed by atoms with E-state index in [1.165, 1.54) is 7.05 Å². The maximum Gasteiger partial charge on any atom is 0.326 e. The Balaban J connectivity index is 2.56. The number of carbonyl (C=O) groups excluding carboxylic acids is 3. The Hall–Kier alpha value is -2.12. The molecule has 0 saturated carbocycles. The number of urea groups is 1. The molecule has 1 rings (SSSR count). The fraction of sp³-hybridized carbons (Fsp3) is 0.667. The molecule has 2 unspecified atom stereocenters. The van der Waals surface area contributed by atoms with Crippen molar-refractivity contribution in [1.29, 1.82) is 0 Å². The first-order valence-electron chi connectivity index (χ1n) is 6.32. The summed E-state index contributed by atoms with van der Waals surface area (Å²) in [6.07, 6.45) is 0.171. The average Bonchev–Trinajstić information content (AvgIpc) is 2.55. The normalized spacial score (nSPS) is 20.2. The van der Waals surface area contributed by atoms with Crippen LogP contribution in [0, 0.1) is 5.92 Å². The predicted molar refractivity (Wildman–Crippen MR) is 68.7 cm³/mol. The van der Waals surface area contributed by atoms with E-state index in [4.69, 9.17) is 5.11 Å². The molecule has 8 nitrogen and oxygen atoms in total. The monoisotopic (exact) mass is 285 g/mol. The largest absolute Gasteiger partial charge is 0.480 e. The highest BCUT2D eigenvalue weighted by Gasteiger charge is 2.37. The minimum absolute atomic E-state index is 0.0947. The van der Waals surface area contributed by atoms with Crippen LogP contribution in [0.2, 0.25) is 0 Å². The number of amides is 4. The molecule has 1 saturated heterocycles. The molecule has 0 spiro atoms. The number of hydrogen-bond donors (Lipinski definition) is 3. The molecule has 8 heteroatoms. The van der Waals surface area contributed by atoms with Crippen molar-refractivity contribution in [3.05, 3.63) is 0 Å². The molecule has 4 amide bonds. The lowest BCUT2D eigenvalue weighted by atomic mass is 10.0. The van der Waals surface area contributed by atoms with E-state index in [1.807, 2.05) is 13.8 Å². The number of likely N-dealkylation sites (tertiary alicyclic amines) is 1. The van der Waals surface area contributed by atoms with E-state index in [0.717, 1.165) is 4.90 Å². The molecule has 112 valence electrons. The van der Waals surface area contributed by atoms with Crippen LogP contribution in [0.5, 0.6) is 0 Å². The molecule has 1 heterocycles. The quantitative estimate of drug-likeness (QED) is 0.591. The molecular formula is C12H19N3O5. The molecule has 1 aliphatic rings. The lowest BCUT2D eigenvalue weighted by Gasteiger charge is -2.18. The fourth-order valence-electron chi connectivity index (χ4n) is 1.92. The van der Waals surface area contributed by atoms with Gasteiger partial charge in [-0.2, -0.15) is 0 Å². The Kier molecular flexibility index (Phi) is 5.06. The molecule has 0 aromatic carbocycles. The highest BCUT2D eigenvalue weighted by Crippen LogP contribution is 2.10. The van der Waals surface area contributed by atoms with Gasteiger partial charge in [-0.25, -0.2) is 9.59 Å². The first-order valence-corrected chi connectivity index (χ1v) is 6.32. The molecule has 1 aliphatic heterocycles. The molecule has 0 radical (unpaired) electrons. The number of rotatable bonds is 5. The summed E-state index contributed by atoms with van der Waals surface area (Å²) < 4.78 is 0.